The molecule has 1 saturated carbocycles. The number of carbonyl (C=O) groups is 2. The SMILES string of the molecule is CNC1CC(C(=O)Nc2ccc(NC(=O)c3ccco3)c(C)c2)C1. The van der Waals surface area contributed by atoms with Crippen molar-refractivity contribution < 1.29 is 14.0 Å². The van der Waals surface area contributed by atoms with Gasteiger partial charge < -0.3 is 20.4 Å². The van der Waals surface area contributed by atoms with E-state index >= 15 is 0 Å². The van der Waals surface area contributed by atoms with Gasteiger partial charge in [0.05, 0.1) is 6.26 Å². The molecule has 1 fully saturated rings. The molecular weight excluding hydrogens is 306 g/mol. The quantitative estimate of drug-likeness (QED) is 0.788. The second kappa shape index (κ2) is 6.88. The van der Waals surface area contributed by atoms with Crippen molar-refractivity contribution in [3.63, 3.8) is 0 Å². The first-order valence-corrected chi connectivity index (χ1v) is 8.00. The highest BCUT2D eigenvalue weighted by Crippen LogP contribution is 2.29. The van der Waals surface area contributed by atoms with Crippen LogP contribution in [0.1, 0.15) is 29.0 Å². The summed E-state index contributed by atoms with van der Waals surface area (Å²) >= 11 is 0. The van der Waals surface area contributed by atoms with E-state index in [9.17, 15) is 9.59 Å². The Kier molecular flexibility index (Phi) is 4.66. The van der Waals surface area contributed by atoms with Crippen LogP contribution in [0.4, 0.5) is 11.4 Å². The molecule has 0 unspecified atom stereocenters. The second-order valence-electron chi connectivity index (χ2n) is 6.10. The van der Waals surface area contributed by atoms with Crippen LogP contribution in [0.5, 0.6) is 0 Å². The van der Waals surface area contributed by atoms with Crippen molar-refractivity contribution in [3.05, 3.63) is 47.9 Å². The van der Waals surface area contributed by atoms with Crippen LogP contribution in [-0.4, -0.2) is 24.9 Å². The summed E-state index contributed by atoms with van der Waals surface area (Å²) in [5, 5.41) is 8.91. The van der Waals surface area contributed by atoms with Crippen molar-refractivity contribution in [3.8, 4) is 0 Å². The Bertz CT molecular complexity index is 734. The van der Waals surface area contributed by atoms with E-state index in [4.69, 9.17) is 4.42 Å². The summed E-state index contributed by atoms with van der Waals surface area (Å²) in [7, 11) is 1.91. The minimum atomic E-state index is -0.299. The molecule has 1 aliphatic rings. The standard InChI is InChI=1S/C18H21N3O3/c1-11-8-13(20-17(22)12-9-14(10-12)19-2)5-6-15(11)21-18(23)16-4-3-7-24-16/h3-8,12,14,19H,9-10H2,1-2H3,(H,20,22)(H,21,23). The summed E-state index contributed by atoms with van der Waals surface area (Å²) in [5.41, 5.74) is 2.30. The number of anilines is 2. The number of hydrogen-bond acceptors (Lipinski definition) is 4. The normalized spacial score (nSPS) is 19.4. The predicted octanol–water partition coefficient (Wildman–Crippen LogP) is 2.78. The lowest BCUT2D eigenvalue weighted by molar-refractivity contribution is -0.122. The Morgan fingerprint density at radius 3 is 2.58 bits per heavy atom. The van der Waals surface area contributed by atoms with Gasteiger partial charge in [-0.15, -0.1) is 0 Å². The van der Waals surface area contributed by atoms with Crippen molar-refractivity contribution in [2.45, 2.75) is 25.8 Å². The zero-order valence-corrected chi connectivity index (χ0v) is 13.8. The van der Waals surface area contributed by atoms with E-state index in [0.29, 0.717) is 11.7 Å². The van der Waals surface area contributed by atoms with Crippen molar-refractivity contribution >= 4 is 23.2 Å². The summed E-state index contributed by atoms with van der Waals surface area (Å²) in [5.74, 6) is 0.0812. The summed E-state index contributed by atoms with van der Waals surface area (Å²) < 4.78 is 5.07. The van der Waals surface area contributed by atoms with Crippen molar-refractivity contribution in [1.82, 2.24) is 5.32 Å². The van der Waals surface area contributed by atoms with Crippen LogP contribution in [0.3, 0.4) is 0 Å². The topological polar surface area (TPSA) is 83.4 Å². The zero-order valence-electron chi connectivity index (χ0n) is 13.8. The molecule has 0 aliphatic heterocycles. The molecule has 0 atom stereocenters. The zero-order chi connectivity index (χ0) is 17.1. The minimum absolute atomic E-state index is 0.0493. The van der Waals surface area contributed by atoms with Gasteiger partial charge in [-0.05, 0) is 62.7 Å². The fraction of sp³-hybridized carbons (Fsp3) is 0.333. The monoisotopic (exact) mass is 327 g/mol. The second-order valence-corrected chi connectivity index (χ2v) is 6.10. The van der Waals surface area contributed by atoms with Crippen LogP contribution in [-0.2, 0) is 4.79 Å². The molecule has 3 N–H and O–H groups in total. The highest BCUT2D eigenvalue weighted by atomic mass is 16.3. The Labute approximate surface area is 140 Å². The minimum Gasteiger partial charge on any atom is -0.459 e. The Balaban J connectivity index is 1.60. The van der Waals surface area contributed by atoms with Gasteiger partial charge in [-0.1, -0.05) is 0 Å². The summed E-state index contributed by atoms with van der Waals surface area (Å²) in [6, 6.07) is 9.14. The highest BCUT2D eigenvalue weighted by molar-refractivity contribution is 6.03. The first-order chi connectivity index (χ1) is 11.6. The van der Waals surface area contributed by atoms with Crippen molar-refractivity contribution in [1.29, 1.82) is 0 Å². The van der Waals surface area contributed by atoms with Crippen LogP contribution in [0.25, 0.3) is 0 Å². The predicted molar refractivity (Wildman–Crippen MR) is 92.0 cm³/mol. The number of rotatable bonds is 5. The van der Waals surface area contributed by atoms with Crippen LogP contribution >= 0.6 is 0 Å². The van der Waals surface area contributed by atoms with E-state index < -0.39 is 0 Å². The van der Waals surface area contributed by atoms with E-state index in [1.165, 1.54) is 6.26 Å². The van der Waals surface area contributed by atoms with Gasteiger partial charge in [-0.25, -0.2) is 0 Å². The lowest BCUT2D eigenvalue weighted by Crippen LogP contribution is -2.44. The molecule has 24 heavy (non-hydrogen) atoms. The first-order valence-electron chi connectivity index (χ1n) is 8.00. The maximum Gasteiger partial charge on any atom is 0.291 e. The maximum atomic E-state index is 12.2. The third-order valence-electron chi connectivity index (χ3n) is 4.40. The molecular formula is C18H21N3O3. The molecule has 0 spiro atoms. The third-order valence-corrected chi connectivity index (χ3v) is 4.40. The number of carbonyl (C=O) groups excluding carboxylic acids is 2. The van der Waals surface area contributed by atoms with Crippen molar-refractivity contribution in [2.75, 3.05) is 17.7 Å². The van der Waals surface area contributed by atoms with E-state index in [-0.39, 0.29) is 23.5 Å². The summed E-state index contributed by atoms with van der Waals surface area (Å²) in [6.07, 6.45) is 3.21. The molecule has 1 aromatic heterocycles. The maximum absolute atomic E-state index is 12.2. The molecule has 6 heteroatoms. The number of benzene rings is 1. The van der Waals surface area contributed by atoms with Gasteiger partial charge in [0.1, 0.15) is 0 Å². The molecule has 126 valence electrons. The van der Waals surface area contributed by atoms with Crippen molar-refractivity contribution in [2.24, 2.45) is 5.92 Å². The van der Waals surface area contributed by atoms with Gasteiger partial charge in [0.15, 0.2) is 5.76 Å². The molecule has 1 aliphatic carbocycles. The molecule has 2 aromatic rings. The molecule has 2 amide bonds. The number of hydrogen-bond donors (Lipinski definition) is 3. The largest absolute Gasteiger partial charge is 0.459 e. The molecule has 0 saturated heterocycles. The van der Waals surface area contributed by atoms with E-state index in [2.05, 4.69) is 16.0 Å². The fourth-order valence-corrected chi connectivity index (χ4v) is 2.79. The van der Waals surface area contributed by atoms with Gasteiger partial charge in [-0.3, -0.25) is 9.59 Å². The van der Waals surface area contributed by atoms with Gasteiger partial charge in [0.25, 0.3) is 5.91 Å². The lowest BCUT2D eigenvalue weighted by atomic mass is 9.80. The van der Waals surface area contributed by atoms with Crippen LogP contribution < -0.4 is 16.0 Å². The van der Waals surface area contributed by atoms with Crippen LogP contribution in [0, 0.1) is 12.8 Å². The average Bonchev–Trinajstić information content (AvgIpc) is 3.03. The van der Waals surface area contributed by atoms with E-state index in [1.54, 1.807) is 24.3 Å². The summed E-state index contributed by atoms with van der Waals surface area (Å²) in [6.45, 7) is 1.88. The van der Waals surface area contributed by atoms with Gasteiger partial charge in [0.2, 0.25) is 5.91 Å². The number of furan rings is 1. The average molecular weight is 327 g/mol. The highest BCUT2D eigenvalue weighted by Gasteiger charge is 2.33. The lowest BCUT2D eigenvalue weighted by Gasteiger charge is -2.33. The fourth-order valence-electron chi connectivity index (χ4n) is 2.79. The number of amides is 2. The molecule has 1 heterocycles. The first kappa shape index (κ1) is 16.3. The third kappa shape index (κ3) is 3.49. The Morgan fingerprint density at radius 2 is 1.96 bits per heavy atom. The van der Waals surface area contributed by atoms with Gasteiger partial charge in [-0.2, -0.15) is 0 Å². The van der Waals surface area contributed by atoms with E-state index in [0.717, 1.165) is 24.1 Å². The van der Waals surface area contributed by atoms with E-state index in [1.807, 2.05) is 20.0 Å². The Morgan fingerprint density at radius 1 is 1.17 bits per heavy atom. The number of aryl methyl sites for hydroxylation is 1. The van der Waals surface area contributed by atoms with Gasteiger partial charge >= 0.3 is 0 Å². The summed E-state index contributed by atoms with van der Waals surface area (Å²) in [4.78, 5) is 24.2. The molecule has 0 radical (unpaired) electrons. The Hall–Kier alpha value is -2.60. The molecule has 6 nitrogen and oxygen atoms in total. The molecule has 3 rings (SSSR count). The number of nitrogens with one attached hydrogen (secondary N) is 3. The smallest absolute Gasteiger partial charge is 0.291 e. The molecule has 0 bridgehead atoms. The van der Waals surface area contributed by atoms with Crippen LogP contribution in [0.15, 0.2) is 41.0 Å². The van der Waals surface area contributed by atoms with Crippen LogP contribution in [0.2, 0.25) is 0 Å². The molecule has 1 aromatic carbocycles. The van der Waals surface area contributed by atoms with Gasteiger partial charge in [0, 0.05) is 23.3 Å².